The molecule has 1 aliphatic rings. The van der Waals surface area contributed by atoms with Gasteiger partial charge in [0.25, 0.3) is 5.91 Å². The molecule has 0 fully saturated rings. The monoisotopic (exact) mass is 379 g/mol. The number of aryl methyl sites for hydroxylation is 2. The van der Waals surface area contributed by atoms with E-state index in [2.05, 4.69) is 0 Å². The lowest BCUT2D eigenvalue weighted by Gasteiger charge is -2.29. The summed E-state index contributed by atoms with van der Waals surface area (Å²) < 4.78 is 5.50. The Bertz CT molecular complexity index is 974. The second kappa shape index (κ2) is 7.50. The largest absolute Gasteiger partial charge is 0.503 e. The Balaban J connectivity index is 2.29. The molecule has 0 aliphatic carbocycles. The van der Waals surface area contributed by atoms with Crippen LogP contribution in [0.15, 0.2) is 53.8 Å². The SMILES string of the molecule is COc1ccccc1C1C(C(=O)C(C)C)=C(O)C(=O)N1c1cc(C)ccc1C. The molecule has 0 bridgehead atoms. The maximum absolute atomic E-state index is 13.1. The standard InChI is InChI=1S/C23H25NO4/c1-13(2)21(25)19-20(16-8-6-7-9-18(16)28-5)24(23(27)22(19)26)17-12-14(3)10-11-15(17)4/h6-13,20,26H,1-5H3. The van der Waals surface area contributed by atoms with Crippen molar-refractivity contribution < 1.29 is 19.4 Å². The van der Waals surface area contributed by atoms with Gasteiger partial charge < -0.3 is 9.84 Å². The summed E-state index contributed by atoms with van der Waals surface area (Å²) in [7, 11) is 1.55. The van der Waals surface area contributed by atoms with Gasteiger partial charge in [0.2, 0.25) is 0 Å². The molecule has 1 N–H and O–H groups in total. The van der Waals surface area contributed by atoms with Gasteiger partial charge in [-0.25, -0.2) is 0 Å². The summed E-state index contributed by atoms with van der Waals surface area (Å²) in [5.74, 6) is -1.13. The first kappa shape index (κ1) is 19.7. The highest BCUT2D eigenvalue weighted by Crippen LogP contribution is 2.45. The third-order valence-electron chi connectivity index (χ3n) is 5.06. The van der Waals surface area contributed by atoms with Crippen molar-refractivity contribution in [2.75, 3.05) is 12.0 Å². The lowest BCUT2D eigenvalue weighted by Crippen LogP contribution is -2.32. The second-order valence-electron chi connectivity index (χ2n) is 7.39. The first-order valence-corrected chi connectivity index (χ1v) is 9.29. The molecule has 5 nitrogen and oxygen atoms in total. The number of hydrogen-bond donors (Lipinski definition) is 1. The molecule has 3 rings (SSSR count). The third-order valence-corrected chi connectivity index (χ3v) is 5.06. The first-order valence-electron chi connectivity index (χ1n) is 9.29. The zero-order chi connectivity index (χ0) is 20.6. The Kier molecular flexibility index (Phi) is 5.27. The topological polar surface area (TPSA) is 66.8 Å². The number of aliphatic hydroxyl groups excluding tert-OH is 1. The van der Waals surface area contributed by atoms with Crippen LogP contribution >= 0.6 is 0 Å². The van der Waals surface area contributed by atoms with E-state index < -0.39 is 17.7 Å². The molecule has 0 saturated heterocycles. The number of amides is 1. The quantitative estimate of drug-likeness (QED) is 0.834. The highest BCUT2D eigenvalue weighted by molar-refractivity contribution is 6.17. The van der Waals surface area contributed by atoms with Crippen LogP contribution < -0.4 is 9.64 Å². The van der Waals surface area contributed by atoms with Gasteiger partial charge >= 0.3 is 0 Å². The van der Waals surface area contributed by atoms with Crippen molar-refractivity contribution in [1.29, 1.82) is 0 Å². The number of hydrogen-bond acceptors (Lipinski definition) is 4. The van der Waals surface area contributed by atoms with Crippen molar-refractivity contribution in [1.82, 2.24) is 0 Å². The van der Waals surface area contributed by atoms with Gasteiger partial charge in [0.05, 0.1) is 18.7 Å². The van der Waals surface area contributed by atoms with E-state index in [4.69, 9.17) is 4.74 Å². The molecule has 0 spiro atoms. The predicted molar refractivity (Wildman–Crippen MR) is 109 cm³/mol. The summed E-state index contributed by atoms with van der Waals surface area (Å²) in [6.07, 6.45) is 0. The van der Waals surface area contributed by atoms with Gasteiger partial charge in [-0.2, -0.15) is 0 Å². The zero-order valence-electron chi connectivity index (χ0n) is 16.8. The number of benzene rings is 2. The fraction of sp³-hybridized carbons (Fsp3) is 0.304. The van der Waals surface area contributed by atoms with Crippen LogP contribution in [-0.4, -0.2) is 23.9 Å². The molecule has 0 aromatic heterocycles. The van der Waals surface area contributed by atoms with E-state index in [1.54, 1.807) is 27.0 Å². The smallest absolute Gasteiger partial charge is 0.294 e. The molecule has 28 heavy (non-hydrogen) atoms. The second-order valence-corrected chi connectivity index (χ2v) is 7.39. The average Bonchev–Trinajstić information content (AvgIpc) is 2.93. The molecule has 1 heterocycles. The van der Waals surface area contributed by atoms with Crippen LogP contribution in [0.25, 0.3) is 0 Å². The maximum Gasteiger partial charge on any atom is 0.294 e. The van der Waals surface area contributed by atoms with Crippen molar-refractivity contribution in [2.24, 2.45) is 5.92 Å². The minimum absolute atomic E-state index is 0.116. The van der Waals surface area contributed by atoms with E-state index in [0.717, 1.165) is 11.1 Å². The van der Waals surface area contributed by atoms with E-state index in [-0.39, 0.29) is 17.3 Å². The minimum Gasteiger partial charge on any atom is -0.503 e. The van der Waals surface area contributed by atoms with Crippen LogP contribution in [-0.2, 0) is 9.59 Å². The molecule has 0 saturated carbocycles. The Morgan fingerprint density at radius 2 is 1.82 bits per heavy atom. The van der Waals surface area contributed by atoms with Crippen LogP contribution in [0.5, 0.6) is 5.75 Å². The van der Waals surface area contributed by atoms with Crippen molar-refractivity contribution in [3.63, 3.8) is 0 Å². The molecule has 1 atom stereocenters. The number of ketones is 1. The molecule has 2 aromatic carbocycles. The Hall–Kier alpha value is -3.08. The predicted octanol–water partition coefficient (Wildman–Crippen LogP) is 4.44. The normalized spacial score (nSPS) is 16.9. The number of carbonyl (C=O) groups excluding carboxylic acids is 2. The Labute approximate surface area is 165 Å². The van der Waals surface area contributed by atoms with Gasteiger partial charge in [0.15, 0.2) is 11.5 Å². The van der Waals surface area contributed by atoms with E-state index in [1.165, 1.54) is 4.90 Å². The molecular weight excluding hydrogens is 354 g/mol. The van der Waals surface area contributed by atoms with E-state index in [0.29, 0.717) is 17.0 Å². The molecule has 5 heteroatoms. The fourth-order valence-corrected chi connectivity index (χ4v) is 3.58. The number of ether oxygens (including phenoxy) is 1. The summed E-state index contributed by atoms with van der Waals surface area (Å²) in [5, 5.41) is 10.7. The summed E-state index contributed by atoms with van der Waals surface area (Å²) in [6.45, 7) is 7.36. The van der Waals surface area contributed by atoms with Crippen LogP contribution in [0.2, 0.25) is 0 Å². The van der Waals surface area contributed by atoms with Gasteiger partial charge in [-0.3, -0.25) is 14.5 Å². The van der Waals surface area contributed by atoms with E-state index in [1.807, 2.05) is 50.2 Å². The third kappa shape index (κ3) is 3.17. The number of nitrogens with zero attached hydrogens (tertiary/aromatic N) is 1. The minimum atomic E-state index is -0.751. The first-order chi connectivity index (χ1) is 13.3. The molecule has 1 aliphatic heterocycles. The van der Waals surface area contributed by atoms with Crippen molar-refractivity contribution in [2.45, 2.75) is 33.7 Å². The van der Waals surface area contributed by atoms with Gasteiger partial charge in [-0.1, -0.05) is 44.2 Å². The molecule has 2 aromatic rings. The number of rotatable bonds is 5. The van der Waals surface area contributed by atoms with Crippen LogP contribution in [0.3, 0.4) is 0 Å². The summed E-state index contributed by atoms with van der Waals surface area (Å²) >= 11 is 0. The maximum atomic E-state index is 13.1. The Morgan fingerprint density at radius 3 is 2.46 bits per heavy atom. The summed E-state index contributed by atoms with van der Waals surface area (Å²) in [4.78, 5) is 27.6. The molecule has 0 radical (unpaired) electrons. The zero-order valence-corrected chi connectivity index (χ0v) is 16.8. The fourth-order valence-electron chi connectivity index (χ4n) is 3.58. The van der Waals surface area contributed by atoms with Gasteiger partial charge in [-0.05, 0) is 37.1 Å². The number of carbonyl (C=O) groups is 2. The molecule has 1 unspecified atom stereocenters. The molecule has 1 amide bonds. The van der Waals surface area contributed by atoms with Gasteiger partial charge in [0.1, 0.15) is 5.75 Å². The number of methoxy groups -OCH3 is 1. The van der Waals surface area contributed by atoms with Gasteiger partial charge in [0, 0.05) is 17.2 Å². The number of Topliss-reactive ketones (excluding diaryl/α,β-unsaturated/α-hetero) is 1. The van der Waals surface area contributed by atoms with E-state index in [9.17, 15) is 14.7 Å². The highest BCUT2D eigenvalue weighted by atomic mass is 16.5. The Morgan fingerprint density at radius 1 is 1.14 bits per heavy atom. The lowest BCUT2D eigenvalue weighted by molar-refractivity contribution is -0.119. The van der Waals surface area contributed by atoms with E-state index >= 15 is 0 Å². The number of aliphatic hydroxyl groups is 1. The van der Waals surface area contributed by atoms with Crippen molar-refractivity contribution in [3.8, 4) is 5.75 Å². The molecular formula is C23H25NO4. The lowest BCUT2D eigenvalue weighted by atomic mass is 9.90. The van der Waals surface area contributed by atoms with Crippen LogP contribution in [0.4, 0.5) is 5.69 Å². The van der Waals surface area contributed by atoms with Crippen LogP contribution in [0.1, 0.15) is 36.6 Å². The number of anilines is 1. The highest BCUT2D eigenvalue weighted by Gasteiger charge is 2.46. The summed E-state index contributed by atoms with van der Waals surface area (Å²) in [5.41, 5.74) is 3.30. The average molecular weight is 379 g/mol. The van der Waals surface area contributed by atoms with Crippen LogP contribution in [0, 0.1) is 19.8 Å². The van der Waals surface area contributed by atoms with Crippen molar-refractivity contribution >= 4 is 17.4 Å². The molecule has 146 valence electrons. The summed E-state index contributed by atoms with van der Waals surface area (Å²) in [6, 6.07) is 12.3. The number of para-hydroxylation sites is 1. The van der Waals surface area contributed by atoms with Gasteiger partial charge in [-0.15, -0.1) is 0 Å². The van der Waals surface area contributed by atoms with Crippen molar-refractivity contribution in [3.05, 3.63) is 70.5 Å².